The van der Waals surface area contributed by atoms with Gasteiger partial charge in [-0.2, -0.15) is 0 Å². The number of carbonyl (C=O) groups excluding carboxylic acids is 2. The standard InChI is InChI=1S/C18H14N2O3/c21-17-8-5-11-9-13(6-7-14(11)20-17)19-18(22)16-10-12-3-1-2-4-15(12)23-16/h1-4,6-7,9-10H,5,8H2,(H,19,22)(H,20,21). The molecule has 4 rings (SSSR count). The first-order valence-electron chi connectivity index (χ1n) is 7.42. The number of furan rings is 1. The SMILES string of the molecule is O=C1CCc2cc(NC(=O)c3cc4ccccc4o3)ccc2N1. The third-order valence-electron chi connectivity index (χ3n) is 3.91. The Kier molecular flexibility index (Phi) is 3.12. The van der Waals surface area contributed by atoms with Gasteiger partial charge in [-0.3, -0.25) is 9.59 Å². The van der Waals surface area contributed by atoms with E-state index in [4.69, 9.17) is 4.42 Å². The van der Waals surface area contributed by atoms with Crippen LogP contribution in [0.5, 0.6) is 0 Å². The van der Waals surface area contributed by atoms with Crippen LogP contribution >= 0.6 is 0 Å². The average Bonchev–Trinajstić information content (AvgIpc) is 2.99. The number of hydrogen-bond acceptors (Lipinski definition) is 3. The number of fused-ring (bicyclic) bond motifs is 2. The maximum absolute atomic E-state index is 12.3. The minimum Gasteiger partial charge on any atom is -0.451 e. The lowest BCUT2D eigenvalue weighted by atomic mass is 10.0. The van der Waals surface area contributed by atoms with Crippen LogP contribution in [0.1, 0.15) is 22.5 Å². The third kappa shape index (κ3) is 2.57. The molecule has 1 aromatic heterocycles. The van der Waals surface area contributed by atoms with E-state index in [1.54, 1.807) is 18.2 Å². The molecule has 1 aliphatic rings. The number of anilines is 2. The van der Waals surface area contributed by atoms with Crippen molar-refractivity contribution in [3.05, 3.63) is 59.9 Å². The van der Waals surface area contributed by atoms with Gasteiger partial charge in [0.2, 0.25) is 5.91 Å². The van der Waals surface area contributed by atoms with Crippen molar-refractivity contribution < 1.29 is 14.0 Å². The second kappa shape index (κ2) is 5.28. The quantitative estimate of drug-likeness (QED) is 0.760. The highest BCUT2D eigenvalue weighted by atomic mass is 16.3. The van der Waals surface area contributed by atoms with Crippen molar-refractivity contribution in [1.29, 1.82) is 0 Å². The number of aryl methyl sites for hydroxylation is 1. The summed E-state index contributed by atoms with van der Waals surface area (Å²) in [6, 6.07) is 14.7. The maximum atomic E-state index is 12.3. The van der Waals surface area contributed by atoms with E-state index in [1.165, 1.54) is 0 Å². The first-order chi connectivity index (χ1) is 11.2. The molecule has 2 N–H and O–H groups in total. The van der Waals surface area contributed by atoms with E-state index in [0.717, 1.165) is 16.6 Å². The fourth-order valence-corrected chi connectivity index (χ4v) is 2.75. The van der Waals surface area contributed by atoms with Crippen molar-refractivity contribution in [1.82, 2.24) is 0 Å². The van der Waals surface area contributed by atoms with Gasteiger partial charge in [0.1, 0.15) is 5.58 Å². The Morgan fingerprint density at radius 3 is 2.83 bits per heavy atom. The second-order valence-corrected chi connectivity index (χ2v) is 5.52. The number of amides is 2. The molecule has 2 amide bonds. The maximum Gasteiger partial charge on any atom is 0.291 e. The van der Waals surface area contributed by atoms with E-state index in [9.17, 15) is 9.59 Å². The average molecular weight is 306 g/mol. The van der Waals surface area contributed by atoms with Crippen LogP contribution in [0.2, 0.25) is 0 Å². The summed E-state index contributed by atoms with van der Waals surface area (Å²) in [7, 11) is 0. The van der Waals surface area contributed by atoms with Gasteiger partial charge in [-0.15, -0.1) is 0 Å². The lowest BCUT2D eigenvalue weighted by molar-refractivity contribution is -0.116. The van der Waals surface area contributed by atoms with E-state index in [1.807, 2.05) is 30.3 Å². The zero-order chi connectivity index (χ0) is 15.8. The largest absolute Gasteiger partial charge is 0.451 e. The van der Waals surface area contributed by atoms with Gasteiger partial charge in [0, 0.05) is 23.2 Å². The summed E-state index contributed by atoms with van der Waals surface area (Å²) in [6.07, 6.45) is 1.14. The van der Waals surface area contributed by atoms with Gasteiger partial charge in [0.15, 0.2) is 5.76 Å². The predicted octanol–water partition coefficient (Wildman–Crippen LogP) is 3.57. The number of hydrogen-bond donors (Lipinski definition) is 2. The highest BCUT2D eigenvalue weighted by Gasteiger charge is 2.16. The lowest BCUT2D eigenvalue weighted by Gasteiger charge is -2.17. The molecule has 0 atom stereocenters. The van der Waals surface area contributed by atoms with Crippen molar-refractivity contribution >= 4 is 34.2 Å². The molecule has 2 heterocycles. The normalized spacial score (nSPS) is 13.5. The van der Waals surface area contributed by atoms with Crippen LogP contribution in [0.3, 0.4) is 0 Å². The summed E-state index contributed by atoms with van der Waals surface area (Å²) in [5, 5.41) is 6.55. The Morgan fingerprint density at radius 1 is 1.09 bits per heavy atom. The van der Waals surface area contributed by atoms with Gasteiger partial charge in [-0.05, 0) is 42.3 Å². The molecule has 0 fully saturated rings. The van der Waals surface area contributed by atoms with E-state index in [-0.39, 0.29) is 17.6 Å². The van der Waals surface area contributed by atoms with Crippen LogP contribution < -0.4 is 10.6 Å². The zero-order valence-electron chi connectivity index (χ0n) is 12.3. The summed E-state index contributed by atoms with van der Waals surface area (Å²) in [5.41, 5.74) is 3.20. The minimum absolute atomic E-state index is 0.0246. The van der Waals surface area contributed by atoms with Crippen LogP contribution in [-0.4, -0.2) is 11.8 Å². The van der Waals surface area contributed by atoms with Gasteiger partial charge in [0.25, 0.3) is 5.91 Å². The first-order valence-corrected chi connectivity index (χ1v) is 7.42. The number of rotatable bonds is 2. The Bertz CT molecular complexity index is 894. The predicted molar refractivity (Wildman–Crippen MR) is 87.6 cm³/mol. The highest BCUT2D eigenvalue weighted by molar-refractivity contribution is 6.05. The topological polar surface area (TPSA) is 71.3 Å². The molecule has 0 saturated carbocycles. The molecule has 0 radical (unpaired) electrons. The molecule has 1 aliphatic heterocycles. The van der Waals surface area contributed by atoms with E-state index in [2.05, 4.69) is 10.6 Å². The first kappa shape index (κ1) is 13.6. The van der Waals surface area contributed by atoms with Crippen LogP contribution in [0.4, 0.5) is 11.4 Å². The fraction of sp³-hybridized carbons (Fsp3) is 0.111. The molecule has 114 valence electrons. The molecule has 5 heteroatoms. The Balaban J connectivity index is 1.57. The van der Waals surface area contributed by atoms with Crippen molar-refractivity contribution in [2.45, 2.75) is 12.8 Å². The molecule has 2 aromatic carbocycles. The molecule has 5 nitrogen and oxygen atoms in total. The molecule has 0 spiro atoms. The van der Waals surface area contributed by atoms with Crippen molar-refractivity contribution in [2.75, 3.05) is 10.6 Å². The monoisotopic (exact) mass is 306 g/mol. The summed E-state index contributed by atoms with van der Waals surface area (Å²) in [4.78, 5) is 23.7. The summed E-state index contributed by atoms with van der Waals surface area (Å²) >= 11 is 0. The number of carbonyl (C=O) groups is 2. The molecule has 0 unspecified atom stereocenters. The van der Waals surface area contributed by atoms with Gasteiger partial charge >= 0.3 is 0 Å². The Labute approximate surface area is 132 Å². The minimum atomic E-state index is -0.291. The molecule has 23 heavy (non-hydrogen) atoms. The van der Waals surface area contributed by atoms with Gasteiger partial charge in [-0.1, -0.05) is 18.2 Å². The zero-order valence-corrected chi connectivity index (χ0v) is 12.3. The highest BCUT2D eigenvalue weighted by Crippen LogP contribution is 2.26. The molecular formula is C18H14N2O3. The van der Waals surface area contributed by atoms with Crippen LogP contribution in [0.15, 0.2) is 52.9 Å². The lowest BCUT2D eigenvalue weighted by Crippen LogP contribution is -2.19. The smallest absolute Gasteiger partial charge is 0.291 e. The van der Waals surface area contributed by atoms with Crippen LogP contribution in [-0.2, 0) is 11.2 Å². The summed E-state index contributed by atoms with van der Waals surface area (Å²) in [5.74, 6) is 0.00906. The van der Waals surface area contributed by atoms with Crippen molar-refractivity contribution in [2.24, 2.45) is 0 Å². The molecule has 0 bridgehead atoms. The number of nitrogens with one attached hydrogen (secondary N) is 2. The summed E-state index contributed by atoms with van der Waals surface area (Å²) < 4.78 is 5.56. The van der Waals surface area contributed by atoms with Gasteiger partial charge in [-0.25, -0.2) is 0 Å². The number of para-hydroxylation sites is 1. The van der Waals surface area contributed by atoms with Crippen LogP contribution in [0.25, 0.3) is 11.0 Å². The molecule has 0 saturated heterocycles. The van der Waals surface area contributed by atoms with E-state index < -0.39 is 0 Å². The number of benzene rings is 2. The van der Waals surface area contributed by atoms with E-state index >= 15 is 0 Å². The Morgan fingerprint density at radius 2 is 1.96 bits per heavy atom. The van der Waals surface area contributed by atoms with Crippen molar-refractivity contribution in [3.63, 3.8) is 0 Å². The van der Waals surface area contributed by atoms with Gasteiger partial charge in [0.05, 0.1) is 0 Å². The van der Waals surface area contributed by atoms with Gasteiger partial charge < -0.3 is 15.1 Å². The summed E-state index contributed by atoms with van der Waals surface area (Å²) in [6.45, 7) is 0. The fourth-order valence-electron chi connectivity index (χ4n) is 2.75. The molecule has 0 aliphatic carbocycles. The molecule has 3 aromatic rings. The third-order valence-corrected chi connectivity index (χ3v) is 3.91. The van der Waals surface area contributed by atoms with E-state index in [0.29, 0.717) is 24.1 Å². The van der Waals surface area contributed by atoms with Crippen molar-refractivity contribution in [3.8, 4) is 0 Å². The second-order valence-electron chi connectivity index (χ2n) is 5.52. The Hall–Kier alpha value is -3.08. The van der Waals surface area contributed by atoms with Crippen LogP contribution in [0, 0.1) is 0 Å². The molecular weight excluding hydrogens is 292 g/mol.